The molecule has 14 heavy (non-hydrogen) atoms. The number of rotatable bonds is 2. The molecule has 0 aromatic carbocycles. The van der Waals surface area contributed by atoms with Crippen LogP contribution in [0.3, 0.4) is 0 Å². The van der Waals surface area contributed by atoms with E-state index in [1.54, 1.807) is 24.1 Å². The molecule has 2 N–H and O–H groups in total. The zero-order valence-electron chi connectivity index (χ0n) is 7.32. The zero-order valence-corrected chi connectivity index (χ0v) is 8.14. The van der Waals surface area contributed by atoms with Gasteiger partial charge < -0.3 is 5.73 Å². The van der Waals surface area contributed by atoms with Gasteiger partial charge in [-0.25, -0.2) is 14.6 Å². The lowest BCUT2D eigenvalue weighted by Gasteiger charge is -1.97. The van der Waals surface area contributed by atoms with Crippen molar-refractivity contribution in [3.8, 4) is 0 Å². The Labute approximate surface area is 83.7 Å². The fourth-order valence-corrected chi connectivity index (χ4v) is 1.39. The molecule has 0 aliphatic heterocycles. The summed E-state index contributed by atoms with van der Waals surface area (Å²) in [4.78, 5) is 8.02. The molecule has 0 saturated carbocycles. The maximum atomic E-state index is 5.45. The molecule has 0 spiro atoms. The molecule has 2 rings (SSSR count). The van der Waals surface area contributed by atoms with Crippen molar-refractivity contribution < 1.29 is 0 Å². The van der Waals surface area contributed by atoms with Crippen molar-refractivity contribution in [1.82, 2.24) is 30.2 Å². The van der Waals surface area contributed by atoms with Gasteiger partial charge in [0.05, 0.1) is 18.1 Å². The number of aryl methyl sites for hydroxylation is 1. The van der Waals surface area contributed by atoms with Gasteiger partial charge >= 0.3 is 0 Å². The van der Waals surface area contributed by atoms with Gasteiger partial charge in [-0.3, -0.25) is 0 Å². The van der Waals surface area contributed by atoms with E-state index in [1.165, 1.54) is 11.8 Å². The highest BCUT2D eigenvalue weighted by atomic mass is 32.2. The molecule has 7 nitrogen and oxygen atoms in total. The molecule has 2 aromatic rings. The van der Waals surface area contributed by atoms with Crippen molar-refractivity contribution in [2.45, 2.75) is 10.3 Å². The first kappa shape index (κ1) is 8.88. The minimum atomic E-state index is 0.533. The molecule has 0 saturated heterocycles. The maximum Gasteiger partial charge on any atom is 0.216 e. The second-order valence-corrected chi connectivity index (χ2v) is 3.42. The lowest BCUT2D eigenvalue weighted by atomic mass is 10.6. The van der Waals surface area contributed by atoms with Gasteiger partial charge in [-0.15, -0.1) is 5.10 Å². The smallest absolute Gasteiger partial charge is 0.216 e. The average Bonchev–Trinajstić information content (AvgIpc) is 2.56. The second-order valence-electron chi connectivity index (χ2n) is 2.49. The quantitative estimate of drug-likeness (QED) is 0.680. The lowest BCUT2D eigenvalue weighted by Crippen LogP contribution is -1.95. The molecule has 8 heteroatoms. The fourth-order valence-electron chi connectivity index (χ4n) is 0.768. The highest BCUT2D eigenvalue weighted by Gasteiger charge is 2.06. The fraction of sp³-hybridized carbons (Fsp3) is 0.167. The molecule has 0 atom stereocenters. The summed E-state index contributed by atoms with van der Waals surface area (Å²) in [6.07, 6.45) is 3.08. The zero-order chi connectivity index (χ0) is 9.97. The molecule has 0 fully saturated rings. The molecule has 2 aromatic heterocycles. The largest absolute Gasteiger partial charge is 0.396 e. The van der Waals surface area contributed by atoms with Crippen molar-refractivity contribution in [3.05, 3.63) is 12.4 Å². The third-order valence-electron chi connectivity index (χ3n) is 1.41. The van der Waals surface area contributed by atoms with Crippen LogP contribution in [0.15, 0.2) is 22.7 Å². The van der Waals surface area contributed by atoms with Crippen molar-refractivity contribution in [2.24, 2.45) is 7.05 Å². The molecule has 0 amide bonds. The van der Waals surface area contributed by atoms with Crippen LogP contribution in [0.5, 0.6) is 0 Å². The van der Waals surface area contributed by atoms with E-state index >= 15 is 0 Å². The standard InChI is InChI=1S/C6H7N7S/c1-13-6(10-11-12-13)14-5-8-2-4(7)3-9-5/h2-3H,7H2,1H3. The number of tetrazole rings is 1. The predicted octanol–water partition coefficient (Wildman–Crippen LogP) is -0.266. The number of hydrogen-bond acceptors (Lipinski definition) is 7. The van der Waals surface area contributed by atoms with Crippen molar-refractivity contribution in [1.29, 1.82) is 0 Å². The molecule has 0 unspecified atom stereocenters. The van der Waals surface area contributed by atoms with E-state index in [0.29, 0.717) is 16.0 Å². The summed E-state index contributed by atoms with van der Waals surface area (Å²) in [6, 6.07) is 0. The SMILES string of the molecule is Cn1nnnc1Sc1ncc(N)cn1. The van der Waals surface area contributed by atoms with Gasteiger partial charge in [0.2, 0.25) is 5.16 Å². The van der Waals surface area contributed by atoms with Crippen molar-refractivity contribution in [2.75, 3.05) is 5.73 Å². The molecule has 0 aliphatic carbocycles. The number of nitrogens with two attached hydrogens (primary N) is 1. The van der Waals surface area contributed by atoms with Gasteiger partial charge in [0.25, 0.3) is 0 Å². The highest BCUT2D eigenvalue weighted by Crippen LogP contribution is 2.20. The monoisotopic (exact) mass is 209 g/mol. The molecule has 72 valence electrons. The second kappa shape index (κ2) is 3.58. The van der Waals surface area contributed by atoms with E-state index in [4.69, 9.17) is 5.73 Å². The van der Waals surface area contributed by atoms with E-state index in [1.807, 2.05) is 0 Å². The van der Waals surface area contributed by atoms with Gasteiger partial charge in [0.15, 0.2) is 5.16 Å². The van der Waals surface area contributed by atoms with E-state index in [0.717, 1.165) is 0 Å². The molecule has 0 radical (unpaired) electrons. The molecule has 0 aliphatic rings. The van der Waals surface area contributed by atoms with Crippen molar-refractivity contribution >= 4 is 17.4 Å². The van der Waals surface area contributed by atoms with E-state index in [-0.39, 0.29) is 0 Å². The maximum absolute atomic E-state index is 5.45. The molecule has 2 heterocycles. The van der Waals surface area contributed by atoms with Crippen LogP contribution >= 0.6 is 11.8 Å². The van der Waals surface area contributed by atoms with Gasteiger partial charge in [-0.05, 0) is 22.2 Å². The van der Waals surface area contributed by atoms with Gasteiger partial charge in [-0.2, -0.15) is 0 Å². The third kappa shape index (κ3) is 1.79. The topological polar surface area (TPSA) is 95.4 Å². The van der Waals surface area contributed by atoms with Gasteiger partial charge in [0, 0.05) is 7.05 Å². The summed E-state index contributed by atoms with van der Waals surface area (Å²) in [7, 11) is 1.75. The summed E-state index contributed by atoms with van der Waals surface area (Å²) in [5, 5.41) is 12.2. The van der Waals surface area contributed by atoms with Crippen LogP contribution in [0.2, 0.25) is 0 Å². The van der Waals surface area contributed by atoms with E-state index < -0.39 is 0 Å². The Hall–Kier alpha value is -1.70. The summed E-state index contributed by atoms with van der Waals surface area (Å²) < 4.78 is 1.55. The van der Waals surface area contributed by atoms with Gasteiger partial charge in [-0.1, -0.05) is 0 Å². The summed E-state index contributed by atoms with van der Waals surface area (Å²) in [6.45, 7) is 0. The number of nitrogen functional groups attached to an aromatic ring is 1. The number of anilines is 1. The van der Waals surface area contributed by atoms with Crippen molar-refractivity contribution in [3.63, 3.8) is 0 Å². The van der Waals surface area contributed by atoms with Crippen LogP contribution in [0, 0.1) is 0 Å². The number of nitrogens with zero attached hydrogens (tertiary/aromatic N) is 6. The first-order valence-corrected chi connectivity index (χ1v) is 4.55. The van der Waals surface area contributed by atoms with E-state index in [2.05, 4.69) is 25.5 Å². The minimum absolute atomic E-state index is 0.533. The van der Waals surface area contributed by atoms with Crippen LogP contribution in [0.4, 0.5) is 5.69 Å². The Morgan fingerprint density at radius 1 is 1.36 bits per heavy atom. The van der Waals surface area contributed by atoms with Crippen LogP contribution in [0.1, 0.15) is 0 Å². The summed E-state index contributed by atoms with van der Waals surface area (Å²) >= 11 is 1.28. The Morgan fingerprint density at radius 2 is 2.07 bits per heavy atom. The molecular weight excluding hydrogens is 202 g/mol. The average molecular weight is 209 g/mol. The summed E-state index contributed by atoms with van der Waals surface area (Å²) in [5.41, 5.74) is 5.98. The first-order chi connectivity index (χ1) is 6.75. The lowest BCUT2D eigenvalue weighted by molar-refractivity contribution is 0.663. The highest BCUT2D eigenvalue weighted by molar-refractivity contribution is 7.99. The predicted molar refractivity (Wildman–Crippen MR) is 49.4 cm³/mol. The third-order valence-corrected chi connectivity index (χ3v) is 2.33. The number of hydrogen-bond donors (Lipinski definition) is 1. The molecular formula is C6H7N7S. The van der Waals surface area contributed by atoms with E-state index in [9.17, 15) is 0 Å². The summed E-state index contributed by atoms with van der Waals surface area (Å²) in [5.74, 6) is 0. The number of aromatic nitrogens is 6. The molecule has 0 bridgehead atoms. The normalized spacial score (nSPS) is 10.4. The Balaban J connectivity index is 2.19. The van der Waals surface area contributed by atoms with Gasteiger partial charge in [0.1, 0.15) is 0 Å². The van der Waals surface area contributed by atoms with Crippen LogP contribution < -0.4 is 5.73 Å². The Morgan fingerprint density at radius 3 is 2.64 bits per heavy atom. The van der Waals surface area contributed by atoms with Crippen LogP contribution in [0.25, 0.3) is 0 Å². The van der Waals surface area contributed by atoms with Crippen LogP contribution in [-0.2, 0) is 7.05 Å². The first-order valence-electron chi connectivity index (χ1n) is 3.73. The Kier molecular flexibility index (Phi) is 2.27. The van der Waals surface area contributed by atoms with Crippen LogP contribution in [-0.4, -0.2) is 30.2 Å². The minimum Gasteiger partial charge on any atom is -0.396 e. The Bertz CT molecular complexity index is 422.